The summed E-state index contributed by atoms with van der Waals surface area (Å²) in [7, 11) is 0. The topological polar surface area (TPSA) is 80.0 Å². The van der Waals surface area contributed by atoms with E-state index in [0.29, 0.717) is 17.5 Å². The fraction of sp³-hybridized carbons (Fsp3) is 0.435. The van der Waals surface area contributed by atoms with Crippen LogP contribution in [0.4, 0.5) is 13.2 Å². The molecule has 0 amide bonds. The van der Waals surface area contributed by atoms with E-state index in [9.17, 15) is 23.1 Å². The summed E-state index contributed by atoms with van der Waals surface area (Å²) in [4.78, 5) is 21.8. The molecule has 6 nitrogen and oxygen atoms in total. The lowest BCUT2D eigenvalue weighted by molar-refractivity contribution is -0.137. The first-order valence-electron chi connectivity index (χ1n) is 10.7. The predicted molar refractivity (Wildman–Crippen MR) is 115 cm³/mol. The Kier molecular flexibility index (Phi) is 6.30. The van der Waals surface area contributed by atoms with Gasteiger partial charge in [0.05, 0.1) is 35.8 Å². The van der Waals surface area contributed by atoms with Crippen LogP contribution in [0.2, 0.25) is 0 Å². The van der Waals surface area contributed by atoms with Gasteiger partial charge in [-0.25, -0.2) is 9.97 Å². The third-order valence-electron chi connectivity index (χ3n) is 5.84. The van der Waals surface area contributed by atoms with E-state index in [4.69, 9.17) is 0 Å². The van der Waals surface area contributed by atoms with Gasteiger partial charge in [0.25, 0.3) is 5.56 Å². The number of pyridine rings is 1. The summed E-state index contributed by atoms with van der Waals surface area (Å²) in [5.74, 6) is 0. The molecule has 1 aliphatic rings. The van der Waals surface area contributed by atoms with Crippen molar-refractivity contribution in [3.63, 3.8) is 0 Å². The second kappa shape index (κ2) is 8.99. The van der Waals surface area contributed by atoms with E-state index < -0.39 is 23.4 Å². The number of halogens is 3. The van der Waals surface area contributed by atoms with E-state index in [1.54, 1.807) is 13.0 Å². The number of nitrogens with zero attached hydrogens (tertiary/aromatic N) is 3. The lowest BCUT2D eigenvalue weighted by atomic mass is 9.99. The minimum atomic E-state index is -4.47. The first-order chi connectivity index (χ1) is 15.2. The monoisotopic (exact) mass is 446 g/mol. The normalized spacial score (nSPS) is 18.1. The van der Waals surface area contributed by atoms with E-state index in [0.717, 1.165) is 37.9 Å². The molecule has 0 bridgehead atoms. The number of hydrogen-bond acceptors (Lipinski definition) is 5. The molecule has 1 fully saturated rings. The van der Waals surface area contributed by atoms with Crippen molar-refractivity contribution in [3.8, 4) is 11.3 Å². The van der Waals surface area contributed by atoms with Crippen molar-refractivity contribution in [3.05, 3.63) is 58.1 Å². The third kappa shape index (κ3) is 4.83. The first-order valence-corrected chi connectivity index (χ1v) is 10.7. The highest BCUT2D eigenvalue weighted by Gasteiger charge is 2.30. The SMILES string of the molecule is Cc1cc(-c2cccc(C(F)(F)F)c2)nc2c(=O)n(C[C@@H](O)C[C@@H]3CCCCN3)cnc12. The highest BCUT2D eigenvalue weighted by molar-refractivity contribution is 5.80. The minimum Gasteiger partial charge on any atom is -0.391 e. The summed E-state index contributed by atoms with van der Waals surface area (Å²) >= 11 is 0. The van der Waals surface area contributed by atoms with Crippen molar-refractivity contribution >= 4 is 11.0 Å². The molecule has 3 heterocycles. The number of aliphatic hydroxyl groups excluding tert-OH is 1. The van der Waals surface area contributed by atoms with Crippen molar-refractivity contribution in [2.45, 2.75) is 57.5 Å². The number of alkyl halides is 3. The zero-order chi connectivity index (χ0) is 22.9. The molecule has 2 atom stereocenters. The fourth-order valence-electron chi connectivity index (χ4n) is 4.18. The smallest absolute Gasteiger partial charge is 0.391 e. The zero-order valence-electron chi connectivity index (χ0n) is 17.7. The summed E-state index contributed by atoms with van der Waals surface area (Å²) in [6, 6.07) is 6.70. The van der Waals surface area contributed by atoms with Crippen LogP contribution in [0.3, 0.4) is 0 Å². The minimum absolute atomic E-state index is 0.0721. The van der Waals surface area contributed by atoms with Gasteiger partial charge in [-0.1, -0.05) is 18.6 Å². The van der Waals surface area contributed by atoms with Gasteiger partial charge in [-0.05, 0) is 56.5 Å². The highest BCUT2D eigenvalue weighted by atomic mass is 19.4. The predicted octanol–water partition coefficient (Wildman–Crippen LogP) is 3.68. The Morgan fingerprint density at radius 3 is 2.78 bits per heavy atom. The van der Waals surface area contributed by atoms with Gasteiger partial charge in [-0.15, -0.1) is 0 Å². The summed E-state index contributed by atoms with van der Waals surface area (Å²) in [5, 5.41) is 13.9. The number of aryl methyl sites for hydroxylation is 1. The lowest BCUT2D eigenvalue weighted by Crippen LogP contribution is -2.38. The number of piperidine rings is 1. The third-order valence-corrected chi connectivity index (χ3v) is 5.84. The number of hydrogen-bond donors (Lipinski definition) is 2. The molecule has 4 rings (SSSR count). The Balaban J connectivity index is 1.66. The maximum atomic E-state index is 13.1. The maximum absolute atomic E-state index is 13.1. The molecule has 0 radical (unpaired) electrons. The number of aliphatic hydroxyl groups is 1. The largest absolute Gasteiger partial charge is 0.416 e. The van der Waals surface area contributed by atoms with Crippen molar-refractivity contribution in [1.29, 1.82) is 0 Å². The van der Waals surface area contributed by atoms with Gasteiger partial charge in [0.1, 0.15) is 0 Å². The number of benzene rings is 1. The average Bonchev–Trinajstić information content (AvgIpc) is 2.76. The van der Waals surface area contributed by atoms with Crippen LogP contribution in [0, 0.1) is 6.92 Å². The van der Waals surface area contributed by atoms with E-state index in [1.165, 1.54) is 23.0 Å². The van der Waals surface area contributed by atoms with Crippen LogP contribution < -0.4 is 10.9 Å². The van der Waals surface area contributed by atoms with Crippen LogP contribution in [-0.2, 0) is 12.7 Å². The molecule has 0 aliphatic carbocycles. The van der Waals surface area contributed by atoms with E-state index in [-0.39, 0.29) is 29.4 Å². The zero-order valence-corrected chi connectivity index (χ0v) is 17.7. The van der Waals surface area contributed by atoms with Crippen molar-refractivity contribution in [2.75, 3.05) is 6.54 Å². The molecule has 1 saturated heterocycles. The van der Waals surface area contributed by atoms with Crippen LogP contribution in [0.1, 0.15) is 36.8 Å². The molecule has 9 heteroatoms. The van der Waals surface area contributed by atoms with Crippen molar-refractivity contribution < 1.29 is 18.3 Å². The van der Waals surface area contributed by atoms with Crippen molar-refractivity contribution in [1.82, 2.24) is 19.9 Å². The summed E-state index contributed by atoms with van der Waals surface area (Å²) in [5.41, 5.74) is 0.430. The Bertz CT molecular complexity index is 1170. The fourth-order valence-corrected chi connectivity index (χ4v) is 4.18. The van der Waals surface area contributed by atoms with Gasteiger partial charge in [0.15, 0.2) is 5.52 Å². The van der Waals surface area contributed by atoms with E-state index in [2.05, 4.69) is 15.3 Å². The van der Waals surface area contributed by atoms with Crippen LogP contribution in [-0.4, -0.2) is 38.3 Å². The molecule has 2 N–H and O–H groups in total. The Morgan fingerprint density at radius 1 is 1.25 bits per heavy atom. The lowest BCUT2D eigenvalue weighted by Gasteiger charge is -2.25. The standard InChI is InChI=1S/C23H25F3N4O2/c1-14-9-19(15-5-4-6-16(10-15)23(24,25)26)29-21-20(14)28-13-30(22(21)32)12-18(31)11-17-7-2-3-8-27-17/h4-6,9-10,13,17-18,27,31H,2-3,7-8,11-12H2,1H3/t17-,18-/m0/s1. The second-order valence-corrected chi connectivity index (χ2v) is 8.34. The molecular formula is C23H25F3N4O2. The molecule has 0 unspecified atom stereocenters. The average molecular weight is 446 g/mol. The van der Waals surface area contributed by atoms with Crippen LogP contribution in [0.5, 0.6) is 0 Å². The molecule has 0 spiro atoms. The van der Waals surface area contributed by atoms with Gasteiger partial charge in [0, 0.05) is 11.6 Å². The van der Waals surface area contributed by atoms with Crippen molar-refractivity contribution in [2.24, 2.45) is 0 Å². The second-order valence-electron chi connectivity index (χ2n) is 8.34. The molecule has 32 heavy (non-hydrogen) atoms. The maximum Gasteiger partial charge on any atom is 0.416 e. The Morgan fingerprint density at radius 2 is 2.06 bits per heavy atom. The van der Waals surface area contributed by atoms with Gasteiger partial charge < -0.3 is 10.4 Å². The molecule has 0 saturated carbocycles. The Labute approximate surface area is 183 Å². The summed E-state index contributed by atoms with van der Waals surface area (Å²) in [6.45, 7) is 2.74. The molecule has 1 aliphatic heterocycles. The van der Waals surface area contributed by atoms with Gasteiger partial charge in [-0.3, -0.25) is 9.36 Å². The quantitative estimate of drug-likeness (QED) is 0.625. The van der Waals surface area contributed by atoms with Crippen LogP contribution in [0.15, 0.2) is 41.5 Å². The Hall–Kier alpha value is -2.78. The molecule has 170 valence electrons. The van der Waals surface area contributed by atoms with Gasteiger partial charge >= 0.3 is 6.18 Å². The van der Waals surface area contributed by atoms with Crippen LogP contribution in [0.25, 0.3) is 22.3 Å². The summed E-state index contributed by atoms with van der Waals surface area (Å²) in [6.07, 6.45) is -0.0522. The number of fused-ring (bicyclic) bond motifs is 1. The van der Waals surface area contributed by atoms with Crippen LogP contribution >= 0.6 is 0 Å². The number of nitrogens with one attached hydrogen (secondary N) is 1. The molecular weight excluding hydrogens is 421 g/mol. The number of rotatable bonds is 5. The van der Waals surface area contributed by atoms with E-state index >= 15 is 0 Å². The van der Waals surface area contributed by atoms with E-state index in [1.807, 2.05) is 0 Å². The summed E-state index contributed by atoms with van der Waals surface area (Å²) < 4.78 is 40.6. The molecule has 1 aromatic carbocycles. The molecule has 3 aromatic rings. The van der Waals surface area contributed by atoms with Gasteiger partial charge in [-0.2, -0.15) is 13.2 Å². The first kappa shape index (κ1) is 22.4. The molecule has 2 aromatic heterocycles. The highest BCUT2D eigenvalue weighted by Crippen LogP contribution is 2.32. The van der Waals surface area contributed by atoms with Gasteiger partial charge in [0.2, 0.25) is 0 Å². The number of aromatic nitrogens is 3.